The first-order valence-corrected chi connectivity index (χ1v) is 10.6. The van der Waals surface area contributed by atoms with E-state index in [1.54, 1.807) is 18.2 Å². The number of hydrazine groups is 1. The molecule has 0 heterocycles. The molecule has 3 rings (SSSR count). The van der Waals surface area contributed by atoms with Gasteiger partial charge in [0, 0.05) is 12.0 Å². The van der Waals surface area contributed by atoms with Crippen molar-refractivity contribution in [1.29, 1.82) is 0 Å². The van der Waals surface area contributed by atoms with E-state index >= 15 is 0 Å². The number of carbonyl (C=O) groups excluding carboxylic acids is 1. The quantitative estimate of drug-likeness (QED) is 0.422. The molecule has 30 heavy (non-hydrogen) atoms. The molecular formula is C22H26N4O3S. The summed E-state index contributed by atoms with van der Waals surface area (Å²) in [6.07, 6.45) is 5.33. The average Bonchev–Trinajstić information content (AvgIpc) is 2.77. The van der Waals surface area contributed by atoms with E-state index in [-0.39, 0.29) is 28.3 Å². The van der Waals surface area contributed by atoms with Gasteiger partial charge in [0.05, 0.1) is 10.6 Å². The topological polar surface area (TPSA) is 92.7 Å². The summed E-state index contributed by atoms with van der Waals surface area (Å²) >= 11 is 5.31. The minimum Gasteiger partial charge on any atom is -0.374 e. The maximum atomic E-state index is 13.8. The Hall–Kier alpha value is -3.00. The molecule has 0 atom stereocenters. The van der Waals surface area contributed by atoms with E-state index in [0.717, 1.165) is 37.7 Å². The van der Waals surface area contributed by atoms with Crippen LogP contribution in [0.25, 0.3) is 0 Å². The normalized spacial score (nSPS) is 14.2. The van der Waals surface area contributed by atoms with Gasteiger partial charge in [0.15, 0.2) is 5.11 Å². The Morgan fingerprint density at radius 2 is 1.67 bits per heavy atom. The zero-order valence-electron chi connectivity index (χ0n) is 17.0. The van der Waals surface area contributed by atoms with Gasteiger partial charge in [-0.1, -0.05) is 56.5 Å². The van der Waals surface area contributed by atoms with E-state index in [9.17, 15) is 14.9 Å². The highest BCUT2D eigenvalue weighted by atomic mass is 32.1. The predicted octanol–water partition coefficient (Wildman–Crippen LogP) is 4.74. The number of para-hydroxylation sites is 3. The molecule has 1 aliphatic carbocycles. The van der Waals surface area contributed by atoms with Crippen molar-refractivity contribution in [3.8, 4) is 0 Å². The van der Waals surface area contributed by atoms with Crippen LogP contribution in [0.3, 0.4) is 0 Å². The number of nitrogens with two attached hydrogens (primary N) is 1. The fourth-order valence-corrected chi connectivity index (χ4v) is 4.17. The van der Waals surface area contributed by atoms with Gasteiger partial charge in [-0.05, 0) is 49.2 Å². The van der Waals surface area contributed by atoms with Crippen molar-refractivity contribution in [2.24, 2.45) is 11.7 Å². The molecular weight excluding hydrogens is 400 g/mol. The first-order chi connectivity index (χ1) is 14.5. The summed E-state index contributed by atoms with van der Waals surface area (Å²) in [6.45, 7) is 2.00. The fraction of sp³-hybridized carbons (Fsp3) is 0.364. The first-order valence-electron chi connectivity index (χ1n) is 10.2. The molecule has 1 fully saturated rings. The number of rotatable bonds is 5. The highest BCUT2D eigenvalue weighted by Crippen LogP contribution is 2.35. The summed E-state index contributed by atoms with van der Waals surface area (Å²) in [5.74, 6) is -0.315. The number of aryl methyl sites for hydroxylation is 1. The highest BCUT2D eigenvalue weighted by molar-refractivity contribution is 7.80. The molecule has 1 saturated carbocycles. The van der Waals surface area contributed by atoms with Crippen LogP contribution in [0.15, 0.2) is 48.5 Å². The van der Waals surface area contributed by atoms with Crippen LogP contribution in [-0.4, -0.2) is 15.9 Å². The number of carbonyl (C=O) groups is 1. The Labute approximate surface area is 181 Å². The van der Waals surface area contributed by atoms with E-state index in [1.165, 1.54) is 16.1 Å². The number of anilines is 2. The molecule has 2 N–H and O–H groups in total. The number of nitrogens with zero attached hydrogens (tertiary/aromatic N) is 3. The van der Waals surface area contributed by atoms with Crippen molar-refractivity contribution in [2.45, 2.75) is 45.4 Å². The monoisotopic (exact) mass is 426 g/mol. The SMILES string of the molecule is CCc1ccccc1N(C(=O)C1CCCCC1)N(C(N)=S)c1ccccc1[N+](=O)[O-]. The molecule has 0 saturated heterocycles. The summed E-state index contributed by atoms with van der Waals surface area (Å²) in [4.78, 5) is 25.0. The number of hydrogen-bond donors (Lipinski definition) is 1. The molecule has 0 radical (unpaired) electrons. The Morgan fingerprint density at radius 1 is 1.07 bits per heavy atom. The van der Waals surface area contributed by atoms with Gasteiger partial charge in [0.2, 0.25) is 5.91 Å². The summed E-state index contributed by atoms with van der Waals surface area (Å²) in [6, 6.07) is 13.7. The van der Waals surface area contributed by atoms with Crippen molar-refractivity contribution < 1.29 is 9.72 Å². The number of hydrogen-bond acceptors (Lipinski definition) is 4. The van der Waals surface area contributed by atoms with Crippen LogP contribution in [0.2, 0.25) is 0 Å². The van der Waals surface area contributed by atoms with Gasteiger partial charge in [-0.2, -0.15) is 0 Å². The maximum absolute atomic E-state index is 13.8. The lowest BCUT2D eigenvalue weighted by atomic mass is 9.88. The van der Waals surface area contributed by atoms with Gasteiger partial charge in [0.25, 0.3) is 5.69 Å². The van der Waals surface area contributed by atoms with E-state index in [4.69, 9.17) is 18.0 Å². The summed E-state index contributed by atoms with van der Waals surface area (Å²) in [5.41, 5.74) is 7.65. The van der Waals surface area contributed by atoms with Crippen LogP contribution in [0.5, 0.6) is 0 Å². The number of thiocarbonyl (C=S) groups is 1. The zero-order chi connectivity index (χ0) is 21.7. The molecule has 0 aliphatic heterocycles. The van der Waals surface area contributed by atoms with Gasteiger partial charge in [-0.15, -0.1) is 0 Å². The van der Waals surface area contributed by atoms with Gasteiger partial charge < -0.3 is 5.73 Å². The van der Waals surface area contributed by atoms with Gasteiger partial charge in [0.1, 0.15) is 5.69 Å². The van der Waals surface area contributed by atoms with Crippen LogP contribution >= 0.6 is 12.2 Å². The molecule has 1 aliphatic rings. The van der Waals surface area contributed by atoms with Crippen molar-refractivity contribution in [3.63, 3.8) is 0 Å². The average molecular weight is 427 g/mol. The molecule has 7 nitrogen and oxygen atoms in total. The van der Waals surface area contributed by atoms with Gasteiger partial charge >= 0.3 is 0 Å². The van der Waals surface area contributed by atoms with Crippen LogP contribution < -0.4 is 15.8 Å². The summed E-state index contributed by atoms with van der Waals surface area (Å²) in [5, 5.41) is 14.3. The molecule has 8 heteroatoms. The van der Waals surface area contributed by atoms with E-state index in [1.807, 2.05) is 31.2 Å². The third-order valence-corrected chi connectivity index (χ3v) is 5.65. The lowest BCUT2D eigenvalue weighted by Crippen LogP contribution is -2.55. The second-order valence-electron chi connectivity index (χ2n) is 7.36. The third-order valence-electron chi connectivity index (χ3n) is 5.48. The number of nitro groups is 1. The van der Waals surface area contributed by atoms with Gasteiger partial charge in [-0.3, -0.25) is 14.9 Å². The van der Waals surface area contributed by atoms with Crippen LogP contribution in [-0.2, 0) is 11.2 Å². The molecule has 1 amide bonds. The number of nitro benzene ring substituents is 1. The van der Waals surface area contributed by atoms with Crippen molar-refractivity contribution >= 4 is 40.3 Å². The van der Waals surface area contributed by atoms with E-state index in [2.05, 4.69) is 0 Å². The molecule has 0 spiro atoms. The molecule has 0 unspecified atom stereocenters. The highest BCUT2D eigenvalue weighted by Gasteiger charge is 2.35. The lowest BCUT2D eigenvalue weighted by Gasteiger charge is -2.38. The van der Waals surface area contributed by atoms with Gasteiger partial charge in [-0.25, -0.2) is 10.0 Å². The summed E-state index contributed by atoms with van der Waals surface area (Å²) < 4.78 is 0. The minimum atomic E-state index is -0.490. The van der Waals surface area contributed by atoms with E-state index < -0.39 is 4.92 Å². The predicted molar refractivity (Wildman–Crippen MR) is 122 cm³/mol. The number of benzene rings is 2. The zero-order valence-corrected chi connectivity index (χ0v) is 17.8. The first kappa shape index (κ1) is 21.7. The summed E-state index contributed by atoms with van der Waals surface area (Å²) in [7, 11) is 0. The standard InChI is InChI=1S/C22H26N4O3S/c1-2-16-10-6-7-13-18(16)24(21(27)17-11-4-3-5-12-17)25(22(23)30)19-14-8-9-15-20(19)26(28)29/h6-10,13-15,17H,2-5,11-12H2,1H3,(H2,23,30). The molecule has 2 aromatic rings. The lowest BCUT2D eigenvalue weighted by molar-refractivity contribution is -0.384. The van der Waals surface area contributed by atoms with Crippen molar-refractivity contribution in [1.82, 2.24) is 0 Å². The largest absolute Gasteiger partial charge is 0.374 e. The minimum absolute atomic E-state index is 0.126. The fourth-order valence-electron chi connectivity index (χ4n) is 3.99. The third kappa shape index (κ3) is 4.43. The Kier molecular flexibility index (Phi) is 6.99. The smallest absolute Gasteiger partial charge is 0.294 e. The molecule has 2 aromatic carbocycles. The van der Waals surface area contributed by atoms with Crippen LogP contribution in [0.1, 0.15) is 44.6 Å². The maximum Gasteiger partial charge on any atom is 0.294 e. The van der Waals surface area contributed by atoms with Crippen LogP contribution in [0.4, 0.5) is 17.1 Å². The second kappa shape index (κ2) is 9.67. The molecule has 158 valence electrons. The Morgan fingerprint density at radius 3 is 2.27 bits per heavy atom. The Balaban J connectivity index is 2.19. The van der Waals surface area contributed by atoms with Crippen LogP contribution in [0, 0.1) is 16.0 Å². The second-order valence-corrected chi connectivity index (χ2v) is 7.78. The Bertz CT molecular complexity index is 943. The molecule has 0 bridgehead atoms. The molecule has 0 aromatic heterocycles. The number of amides is 1. The van der Waals surface area contributed by atoms with Crippen molar-refractivity contribution in [2.75, 3.05) is 10.0 Å². The van der Waals surface area contributed by atoms with E-state index in [0.29, 0.717) is 12.1 Å². The van der Waals surface area contributed by atoms with Crippen molar-refractivity contribution in [3.05, 3.63) is 64.2 Å².